The molecule has 4 heteroatoms. The van der Waals surface area contributed by atoms with Crippen molar-refractivity contribution in [2.75, 3.05) is 11.4 Å². The van der Waals surface area contributed by atoms with Crippen LogP contribution in [0, 0.1) is 12.3 Å². The Morgan fingerprint density at radius 2 is 2.10 bits per heavy atom. The van der Waals surface area contributed by atoms with Crippen LogP contribution in [-0.4, -0.2) is 17.4 Å². The molecule has 0 atom stereocenters. The van der Waals surface area contributed by atoms with Crippen LogP contribution in [-0.2, 0) is 6.54 Å². The first-order valence-electron chi connectivity index (χ1n) is 6.71. The highest BCUT2D eigenvalue weighted by Gasteiger charge is 2.09. The van der Waals surface area contributed by atoms with E-state index in [0.29, 0.717) is 0 Å². The first kappa shape index (κ1) is 14.1. The van der Waals surface area contributed by atoms with Crippen molar-refractivity contribution >= 4 is 11.5 Å². The molecule has 0 aliphatic heterocycles. The lowest BCUT2D eigenvalue weighted by Gasteiger charge is -2.23. The van der Waals surface area contributed by atoms with Crippen molar-refractivity contribution in [1.29, 1.82) is 5.41 Å². The molecule has 2 rings (SSSR count). The molecule has 20 heavy (non-hydrogen) atoms. The molecular formula is C16H20N4. The van der Waals surface area contributed by atoms with Gasteiger partial charge >= 0.3 is 0 Å². The molecule has 0 bridgehead atoms. The average molecular weight is 268 g/mol. The summed E-state index contributed by atoms with van der Waals surface area (Å²) in [7, 11) is 0. The second-order valence-corrected chi connectivity index (χ2v) is 4.75. The Morgan fingerprint density at radius 3 is 2.65 bits per heavy atom. The number of aryl methyl sites for hydroxylation is 1. The summed E-state index contributed by atoms with van der Waals surface area (Å²) in [4.78, 5) is 6.61. The van der Waals surface area contributed by atoms with E-state index in [-0.39, 0.29) is 5.84 Å². The fraction of sp³-hybridized carbons (Fsp3) is 0.250. The van der Waals surface area contributed by atoms with Crippen molar-refractivity contribution in [2.45, 2.75) is 20.4 Å². The standard InChI is InChI=1S/C16H20N4/c1-3-20(11-13-6-4-5-9-19-13)14-7-8-15(16(17)18)12(2)10-14/h4-10H,3,11H2,1-2H3,(H3,17,18). The molecule has 0 aliphatic carbocycles. The number of nitrogens with two attached hydrogens (primary N) is 1. The highest BCUT2D eigenvalue weighted by Crippen LogP contribution is 2.20. The number of rotatable bonds is 5. The first-order valence-corrected chi connectivity index (χ1v) is 6.71. The van der Waals surface area contributed by atoms with Crippen molar-refractivity contribution in [3.63, 3.8) is 0 Å². The summed E-state index contributed by atoms with van der Waals surface area (Å²) in [5.41, 5.74) is 9.54. The third-order valence-corrected chi connectivity index (χ3v) is 3.33. The van der Waals surface area contributed by atoms with Crippen molar-refractivity contribution in [1.82, 2.24) is 4.98 Å². The second-order valence-electron chi connectivity index (χ2n) is 4.75. The van der Waals surface area contributed by atoms with E-state index in [2.05, 4.69) is 22.9 Å². The zero-order chi connectivity index (χ0) is 14.5. The van der Waals surface area contributed by atoms with Crippen LogP contribution >= 0.6 is 0 Å². The van der Waals surface area contributed by atoms with Crippen LogP contribution in [0.5, 0.6) is 0 Å². The summed E-state index contributed by atoms with van der Waals surface area (Å²) < 4.78 is 0. The zero-order valence-corrected chi connectivity index (χ0v) is 11.9. The molecule has 1 heterocycles. The summed E-state index contributed by atoms with van der Waals surface area (Å²) in [6.45, 7) is 5.78. The van der Waals surface area contributed by atoms with E-state index in [4.69, 9.17) is 11.1 Å². The van der Waals surface area contributed by atoms with E-state index in [1.807, 2.05) is 43.5 Å². The van der Waals surface area contributed by atoms with Gasteiger partial charge in [0.15, 0.2) is 0 Å². The number of anilines is 1. The maximum absolute atomic E-state index is 7.53. The van der Waals surface area contributed by atoms with Crippen molar-refractivity contribution in [2.24, 2.45) is 5.73 Å². The minimum Gasteiger partial charge on any atom is -0.384 e. The van der Waals surface area contributed by atoms with Crippen LogP contribution in [0.3, 0.4) is 0 Å². The molecule has 4 nitrogen and oxygen atoms in total. The van der Waals surface area contributed by atoms with Gasteiger partial charge in [0.2, 0.25) is 0 Å². The number of nitrogens with zero attached hydrogens (tertiary/aromatic N) is 2. The minimum atomic E-state index is 0.113. The summed E-state index contributed by atoms with van der Waals surface area (Å²) >= 11 is 0. The maximum Gasteiger partial charge on any atom is 0.123 e. The molecule has 0 amide bonds. The van der Waals surface area contributed by atoms with E-state index >= 15 is 0 Å². The molecule has 0 unspecified atom stereocenters. The third-order valence-electron chi connectivity index (χ3n) is 3.33. The van der Waals surface area contributed by atoms with Gasteiger partial charge in [-0.2, -0.15) is 0 Å². The molecule has 1 aromatic carbocycles. The summed E-state index contributed by atoms with van der Waals surface area (Å²) in [5.74, 6) is 0.113. The SMILES string of the molecule is CCN(Cc1ccccn1)c1ccc(C(=N)N)c(C)c1. The Labute approximate surface area is 119 Å². The van der Waals surface area contributed by atoms with Crippen LogP contribution in [0.1, 0.15) is 23.7 Å². The fourth-order valence-electron chi connectivity index (χ4n) is 2.22. The maximum atomic E-state index is 7.53. The Kier molecular flexibility index (Phi) is 4.35. The van der Waals surface area contributed by atoms with Gasteiger partial charge in [-0.25, -0.2) is 0 Å². The van der Waals surface area contributed by atoms with Gasteiger partial charge in [0, 0.05) is 24.0 Å². The predicted octanol–water partition coefficient (Wildman–Crippen LogP) is 2.70. The molecule has 0 saturated heterocycles. The van der Waals surface area contributed by atoms with E-state index < -0.39 is 0 Å². The number of hydrogen-bond donors (Lipinski definition) is 2. The second kappa shape index (κ2) is 6.19. The average Bonchev–Trinajstić information content (AvgIpc) is 2.45. The third kappa shape index (κ3) is 3.15. The fourth-order valence-corrected chi connectivity index (χ4v) is 2.22. The normalized spacial score (nSPS) is 10.3. The van der Waals surface area contributed by atoms with Crippen molar-refractivity contribution in [3.8, 4) is 0 Å². The number of aromatic nitrogens is 1. The molecule has 0 fully saturated rings. The topological polar surface area (TPSA) is 66.0 Å². The van der Waals surface area contributed by atoms with Gasteiger partial charge in [0.05, 0.1) is 12.2 Å². The van der Waals surface area contributed by atoms with E-state index in [9.17, 15) is 0 Å². The molecule has 0 saturated carbocycles. The number of pyridine rings is 1. The van der Waals surface area contributed by atoms with Crippen LogP contribution < -0.4 is 10.6 Å². The lowest BCUT2D eigenvalue weighted by molar-refractivity contribution is 0.809. The van der Waals surface area contributed by atoms with E-state index in [1.165, 1.54) is 0 Å². The Balaban J connectivity index is 2.24. The molecule has 0 aliphatic rings. The van der Waals surface area contributed by atoms with Crippen molar-refractivity contribution in [3.05, 3.63) is 59.4 Å². The van der Waals surface area contributed by atoms with Gasteiger partial charge in [0.25, 0.3) is 0 Å². The van der Waals surface area contributed by atoms with E-state index in [1.54, 1.807) is 0 Å². The quantitative estimate of drug-likeness (QED) is 0.647. The molecule has 2 aromatic rings. The number of amidine groups is 1. The van der Waals surface area contributed by atoms with Crippen LogP contribution in [0.15, 0.2) is 42.6 Å². The molecular weight excluding hydrogens is 248 g/mol. The highest BCUT2D eigenvalue weighted by molar-refractivity contribution is 5.96. The van der Waals surface area contributed by atoms with Gasteiger partial charge in [-0.15, -0.1) is 0 Å². The van der Waals surface area contributed by atoms with Crippen molar-refractivity contribution < 1.29 is 0 Å². The van der Waals surface area contributed by atoms with Crippen LogP contribution in [0.2, 0.25) is 0 Å². The molecule has 3 N–H and O–H groups in total. The smallest absolute Gasteiger partial charge is 0.123 e. The molecule has 0 radical (unpaired) electrons. The molecule has 1 aromatic heterocycles. The van der Waals surface area contributed by atoms with E-state index in [0.717, 1.165) is 35.6 Å². The minimum absolute atomic E-state index is 0.113. The molecule has 104 valence electrons. The number of nitrogen functional groups attached to an aromatic ring is 1. The summed E-state index contributed by atoms with van der Waals surface area (Å²) in [5, 5.41) is 7.53. The predicted molar refractivity (Wildman–Crippen MR) is 83.2 cm³/mol. The lowest BCUT2D eigenvalue weighted by Crippen LogP contribution is -2.23. The zero-order valence-electron chi connectivity index (χ0n) is 11.9. The Morgan fingerprint density at radius 1 is 1.30 bits per heavy atom. The van der Waals surface area contributed by atoms with Gasteiger partial charge in [-0.05, 0) is 49.7 Å². The van der Waals surface area contributed by atoms with Gasteiger partial charge in [-0.3, -0.25) is 10.4 Å². The molecule has 0 spiro atoms. The number of benzene rings is 1. The first-order chi connectivity index (χ1) is 9.61. The Bertz CT molecular complexity index is 593. The monoisotopic (exact) mass is 268 g/mol. The lowest BCUT2D eigenvalue weighted by atomic mass is 10.1. The largest absolute Gasteiger partial charge is 0.384 e. The van der Waals surface area contributed by atoms with Gasteiger partial charge in [0.1, 0.15) is 5.84 Å². The highest BCUT2D eigenvalue weighted by atomic mass is 15.1. The summed E-state index contributed by atoms with van der Waals surface area (Å²) in [6, 6.07) is 11.9. The Hall–Kier alpha value is -2.36. The number of hydrogen-bond acceptors (Lipinski definition) is 3. The number of nitrogens with one attached hydrogen (secondary N) is 1. The summed E-state index contributed by atoms with van der Waals surface area (Å²) in [6.07, 6.45) is 1.81. The van der Waals surface area contributed by atoms with Gasteiger partial charge in [-0.1, -0.05) is 6.07 Å². The van der Waals surface area contributed by atoms with Gasteiger partial charge < -0.3 is 10.6 Å². The van der Waals surface area contributed by atoms with Crippen LogP contribution in [0.4, 0.5) is 5.69 Å². The van der Waals surface area contributed by atoms with Crippen LogP contribution in [0.25, 0.3) is 0 Å².